The van der Waals surface area contributed by atoms with Gasteiger partial charge in [0.05, 0.1) is 52.9 Å². The second-order valence-electron chi connectivity index (χ2n) is 7.09. The summed E-state index contributed by atoms with van der Waals surface area (Å²) < 4.78 is 62.5. The Balaban J connectivity index is 0. The topological polar surface area (TPSA) is 138 Å². The molecule has 1 saturated heterocycles. The van der Waals surface area contributed by atoms with Crippen molar-refractivity contribution in [3.63, 3.8) is 0 Å². The fraction of sp³-hybridized carbons (Fsp3) is 0.667. The number of halogens is 1. The predicted octanol–water partition coefficient (Wildman–Crippen LogP) is -4.49. The Kier molecular flexibility index (Phi) is 20.6. The summed E-state index contributed by atoms with van der Waals surface area (Å²) in [5.74, 6) is 0. The fourth-order valence-corrected chi connectivity index (χ4v) is 6.57. The van der Waals surface area contributed by atoms with Crippen LogP contribution < -0.4 is 48.2 Å². The van der Waals surface area contributed by atoms with Gasteiger partial charge in [-0.05, 0) is 26.2 Å². The second-order valence-corrected chi connectivity index (χ2v) is 21.7. The van der Waals surface area contributed by atoms with E-state index in [1.807, 2.05) is 36.4 Å². The van der Waals surface area contributed by atoms with Gasteiger partial charge in [0, 0.05) is 0 Å². The zero-order valence-electron chi connectivity index (χ0n) is 19.2. The van der Waals surface area contributed by atoms with Crippen molar-refractivity contribution in [3.05, 3.63) is 36.4 Å². The predicted molar refractivity (Wildman–Crippen MR) is 106 cm³/mol. The van der Waals surface area contributed by atoms with E-state index in [4.69, 9.17) is 41.7 Å². The molecule has 176 valence electrons. The molecule has 0 unspecified atom stereocenters. The van der Waals surface area contributed by atoms with Gasteiger partial charge in [-0.1, -0.05) is 36.4 Å². The van der Waals surface area contributed by atoms with Gasteiger partial charge in [0.2, 0.25) is 15.7 Å². The van der Waals surface area contributed by atoms with Gasteiger partial charge in [-0.15, -0.1) is 10.2 Å². The molecule has 13 heteroatoms. The zero-order chi connectivity index (χ0) is 22.9. The minimum atomic E-state index is -4.94. The van der Waals surface area contributed by atoms with Crippen LogP contribution in [0.15, 0.2) is 36.4 Å². The van der Waals surface area contributed by atoms with Crippen molar-refractivity contribution >= 4 is 15.7 Å². The van der Waals surface area contributed by atoms with E-state index in [0.29, 0.717) is 52.9 Å². The maximum absolute atomic E-state index is 8.49. The van der Waals surface area contributed by atoms with Crippen molar-refractivity contribution in [2.45, 2.75) is 26.2 Å². The molecule has 0 spiro atoms. The van der Waals surface area contributed by atoms with Crippen LogP contribution in [0.25, 0.3) is 0 Å². The summed E-state index contributed by atoms with van der Waals surface area (Å²) in [7, 11) is -8.52. The molecule has 1 aliphatic rings. The van der Waals surface area contributed by atoms with Gasteiger partial charge in [0.1, 0.15) is 0 Å². The molecule has 0 saturated carbocycles. The second kappa shape index (κ2) is 18.9. The maximum atomic E-state index is 8.49. The minimum absolute atomic E-state index is 0. The van der Waals surface area contributed by atoms with Gasteiger partial charge in [0.25, 0.3) is 0 Å². The number of ether oxygens (including phenoxy) is 3. The van der Waals surface area contributed by atoms with E-state index < -0.39 is 25.9 Å². The summed E-state index contributed by atoms with van der Waals surface area (Å²) in [6.07, 6.45) is 0. The third kappa shape index (κ3) is 22.2. The third-order valence-electron chi connectivity index (χ3n) is 4.24. The average Bonchev–Trinajstić information content (AvgIpc) is 2.65. The number of benzene rings is 1. The summed E-state index contributed by atoms with van der Waals surface area (Å²) in [6, 6.07) is 12.0. The molecule has 1 heterocycles. The van der Waals surface area contributed by atoms with E-state index in [1.165, 1.54) is 0 Å². The third-order valence-corrected chi connectivity index (χ3v) is 18.6. The average molecular weight is 509 g/mol. The van der Waals surface area contributed by atoms with Crippen LogP contribution in [0.5, 0.6) is 0 Å². The first-order chi connectivity index (χ1) is 14.0. The van der Waals surface area contributed by atoms with Crippen molar-refractivity contribution in [2.75, 3.05) is 52.9 Å². The number of hydrogen-bond acceptors (Lipinski definition) is 9. The first-order valence-corrected chi connectivity index (χ1v) is 17.6. The van der Waals surface area contributed by atoms with Crippen molar-refractivity contribution in [1.29, 1.82) is 0 Å². The van der Waals surface area contributed by atoms with Crippen LogP contribution in [0.2, 0.25) is 26.2 Å². The summed E-state index contributed by atoms with van der Waals surface area (Å²) in [4.78, 5) is 0. The van der Waals surface area contributed by atoms with Crippen LogP contribution in [0.4, 0.5) is 0 Å². The molecule has 0 atom stereocenters. The molecule has 1 fully saturated rings. The monoisotopic (exact) mass is 508 g/mol. The Bertz CT molecular complexity index is 466. The Morgan fingerprint density at radius 1 is 0.516 bits per heavy atom. The van der Waals surface area contributed by atoms with Crippen LogP contribution in [0.1, 0.15) is 0 Å². The number of rotatable bonds is 0. The molecule has 0 bridgehead atoms. The summed E-state index contributed by atoms with van der Waals surface area (Å²) in [6.45, 7) is 13.9. The van der Waals surface area contributed by atoms with Gasteiger partial charge in [-0.2, -0.15) is 0 Å². The molecule has 0 radical (unpaired) electrons. The Hall–Kier alpha value is 0.584. The normalized spacial score (nSPS) is 20.1. The van der Waals surface area contributed by atoms with Gasteiger partial charge >= 0.3 is 29.6 Å². The molecule has 2 rings (SSSR count). The molecule has 0 N–H and O–H groups in total. The summed E-state index contributed by atoms with van der Waals surface area (Å²) in [5.41, 5.74) is 0. The van der Waals surface area contributed by atoms with E-state index in [-0.39, 0.29) is 29.6 Å². The molecule has 0 aromatic heterocycles. The van der Waals surface area contributed by atoms with Crippen molar-refractivity contribution < 1.29 is 81.5 Å². The van der Waals surface area contributed by atoms with E-state index in [2.05, 4.69) is 26.2 Å². The smallest absolute Gasteiger partial charge is 0.415 e. The fourth-order valence-electron chi connectivity index (χ4n) is 1.99. The Morgan fingerprint density at radius 3 is 0.935 bits per heavy atom. The van der Waals surface area contributed by atoms with Crippen LogP contribution in [-0.2, 0) is 23.1 Å². The zero-order valence-corrected chi connectivity index (χ0v) is 23.9. The molecule has 1 aliphatic heterocycles. The first kappa shape index (κ1) is 33.8. The summed E-state index contributed by atoms with van der Waals surface area (Å²) in [5, 5.41) is 0. The van der Waals surface area contributed by atoms with Crippen LogP contribution in [-0.4, -0.2) is 68.5 Å². The van der Waals surface area contributed by atoms with Crippen molar-refractivity contribution in [3.8, 4) is 0 Å². The molecular weight excluding hydrogens is 475 g/mol. The van der Waals surface area contributed by atoms with E-state index in [0.717, 1.165) is 0 Å². The standard InChI is InChI=1S/C12H28O5Si2.C6H6.ClHO4.Na/c1-18(2)16-11-9-14-7-5-13-6-8-15-10-12-17-19(18,3)4;1-2-4-6-5-3-1;2-1(3,4)5;/h5-12H2,1-4H3;1-6H;(H,2,3,4,5);/q;;;+1/p-1. The van der Waals surface area contributed by atoms with Gasteiger partial charge in [-0.3, -0.25) is 0 Å². The van der Waals surface area contributed by atoms with Gasteiger partial charge in [0.15, 0.2) is 0 Å². The largest absolute Gasteiger partial charge is 1.00 e. The molecule has 1 aromatic carbocycles. The van der Waals surface area contributed by atoms with Crippen LogP contribution >= 0.6 is 0 Å². The minimum Gasteiger partial charge on any atom is -0.415 e. The molecule has 1 aromatic rings. The van der Waals surface area contributed by atoms with Crippen molar-refractivity contribution in [2.24, 2.45) is 0 Å². The van der Waals surface area contributed by atoms with Crippen LogP contribution in [0, 0.1) is 10.2 Å². The van der Waals surface area contributed by atoms with Gasteiger partial charge in [-0.25, -0.2) is 18.6 Å². The Labute approximate surface area is 211 Å². The van der Waals surface area contributed by atoms with E-state index in [1.54, 1.807) is 0 Å². The molecule has 0 amide bonds. The first-order valence-electron chi connectivity index (χ1n) is 9.58. The van der Waals surface area contributed by atoms with Crippen LogP contribution in [0.3, 0.4) is 0 Å². The quantitative estimate of drug-likeness (QED) is 0.317. The Morgan fingerprint density at radius 2 is 0.710 bits per heavy atom. The maximum Gasteiger partial charge on any atom is 1.00 e. The molecule has 0 aliphatic carbocycles. The SMILES string of the molecule is C[Si]1(C)OCCOCCOCCOCCO[Si]1(C)C.[Na+].[O-][Cl+3]([O-])([O-])[O-].c1ccccc1. The van der Waals surface area contributed by atoms with Crippen molar-refractivity contribution in [1.82, 2.24) is 0 Å². The number of hydrogen-bond donors (Lipinski definition) is 0. The molecular formula is C18H34ClNaO9Si2. The molecule has 9 nitrogen and oxygen atoms in total. The van der Waals surface area contributed by atoms with E-state index >= 15 is 0 Å². The van der Waals surface area contributed by atoms with Gasteiger partial charge < -0.3 is 23.1 Å². The summed E-state index contributed by atoms with van der Waals surface area (Å²) >= 11 is 0. The van der Waals surface area contributed by atoms with E-state index in [9.17, 15) is 0 Å². The molecule has 31 heavy (non-hydrogen) atoms.